The topological polar surface area (TPSA) is 39.1 Å². The van der Waals surface area contributed by atoms with Crippen LogP contribution in [0.1, 0.15) is 18.0 Å². The molecule has 1 aliphatic rings. The summed E-state index contributed by atoms with van der Waals surface area (Å²) in [5, 5.41) is 12.2. The fraction of sp³-hybridized carbons (Fsp3) is 0.500. The van der Waals surface area contributed by atoms with Crippen LogP contribution in [-0.2, 0) is 0 Å². The van der Waals surface area contributed by atoms with Crippen molar-refractivity contribution in [3.05, 3.63) is 29.8 Å². The maximum atomic E-state index is 12.3. The van der Waals surface area contributed by atoms with Gasteiger partial charge in [-0.2, -0.15) is 18.4 Å². The van der Waals surface area contributed by atoms with Crippen molar-refractivity contribution in [1.82, 2.24) is 10.2 Å². The van der Waals surface area contributed by atoms with E-state index in [2.05, 4.69) is 16.3 Å². The molecule has 1 N–H and O–H groups in total. The highest BCUT2D eigenvalue weighted by atomic mass is 32.2. The van der Waals surface area contributed by atoms with Crippen molar-refractivity contribution in [2.45, 2.75) is 22.9 Å². The van der Waals surface area contributed by atoms with Gasteiger partial charge in [-0.15, -0.1) is 0 Å². The molecule has 0 bridgehead atoms. The molecule has 1 saturated heterocycles. The van der Waals surface area contributed by atoms with Gasteiger partial charge < -0.3 is 5.32 Å². The Kier molecular flexibility index (Phi) is 5.51. The number of alkyl halides is 3. The van der Waals surface area contributed by atoms with Crippen molar-refractivity contribution < 1.29 is 13.2 Å². The van der Waals surface area contributed by atoms with Crippen LogP contribution in [0.2, 0.25) is 0 Å². The van der Waals surface area contributed by atoms with Gasteiger partial charge in [-0.25, -0.2) is 0 Å². The van der Waals surface area contributed by atoms with Gasteiger partial charge in [0.05, 0.1) is 12.5 Å². The highest BCUT2D eigenvalue weighted by Crippen LogP contribution is 2.37. The number of hydrogen-bond acceptors (Lipinski definition) is 4. The summed E-state index contributed by atoms with van der Waals surface area (Å²) in [7, 11) is 0. The van der Waals surface area contributed by atoms with Gasteiger partial charge in [0, 0.05) is 37.1 Å². The number of hydrogen-bond donors (Lipinski definition) is 1. The Labute approximate surface area is 126 Å². The first-order valence-corrected chi connectivity index (χ1v) is 7.48. The monoisotopic (exact) mass is 315 g/mol. The molecule has 3 nitrogen and oxygen atoms in total. The molecule has 1 fully saturated rings. The van der Waals surface area contributed by atoms with Crippen LogP contribution in [-0.4, -0.2) is 36.6 Å². The van der Waals surface area contributed by atoms with Crippen LogP contribution < -0.4 is 5.32 Å². The molecule has 1 aromatic rings. The quantitative estimate of drug-likeness (QED) is 0.866. The summed E-state index contributed by atoms with van der Waals surface area (Å²) < 4.78 is 37.0. The Bertz CT molecular complexity index is 490. The molecule has 1 aromatic carbocycles. The molecule has 21 heavy (non-hydrogen) atoms. The van der Waals surface area contributed by atoms with Crippen LogP contribution in [0.25, 0.3) is 0 Å². The summed E-state index contributed by atoms with van der Waals surface area (Å²) in [6, 6.07) is 8.45. The number of thioether (sulfide) groups is 1. The lowest BCUT2D eigenvalue weighted by Gasteiger charge is -2.34. The molecule has 0 unspecified atom stereocenters. The number of nitriles is 1. The summed E-state index contributed by atoms with van der Waals surface area (Å²) in [5.74, 6) is 0. The molecule has 0 aromatic heterocycles. The van der Waals surface area contributed by atoms with Crippen LogP contribution in [0.4, 0.5) is 13.2 Å². The van der Waals surface area contributed by atoms with Crippen molar-refractivity contribution in [2.24, 2.45) is 0 Å². The van der Waals surface area contributed by atoms with Crippen molar-refractivity contribution >= 4 is 11.8 Å². The Balaban J connectivity index is 2.11. The van der Waals surface area contributed by atoms with Crippen molar-refractivity contribution in [3.63, 3.8) is 0 Å². The largest absolute Gasteiger partial charge is 0.446 e. The Hall–Kier alpha value is -1.23. The summed E-state index contributed by atoms with van der Waals surface area (Å²) in [5.41, 5.74) is -3.38. The second-order valence-electron chi connectivity index (χ2n) is 4.78. The van der Waals surface area contributed by atoms with Crippen molar-refractivity contribution in [1.29, 1.82) is 5.26 Å². The maximum Gasteiger partial charge on any atom is 0.446 e. The third kappa shape index (κ3) is 4.92. The van der Waals surface area contributed by atoms with Crippen LogP contribution in [0.5, 0.6) is 0 Å². The van der Waals surface area contributed by atoms with E-state index in [-0.39, 0.29) is 22.7 Å². The lowest BCUT2D eigenvalue weighted by atomic mass is 10.0. The van der Waals surface area contributed by atoms with E-state index in [0.717, 1.165) is 31.7 Å². The normalized spacial score (nSPS) is 18.2. The third-order valence-corrected chi connectivity index (χ3v) is 4.11. The molecule has 1 heterocycles. The standard InChI is InChI=1S/C14H16F3N3S/c15-14(16,17)21-12-3-1-11(2-4-12)13(5-6-18)20-9-7-19-8-10-20/h1-4,13,19H,5,7-10H2/t13-/m0/s1. The first kappa shape index (κ1) is 16.1. The molecule has 2 rings (SSSR count). The predicted molar refractivity (Wildman–Crippen MR) is 75.8 cm³/mol. The van der Waals surface area contributed by atoms with Crippen LogP contribution in [0, 0.1) is 11.3 Å². The Morgan fingerprint density at radius 2 is 1.86 bits per heavy atom. The lowest BCUT2D eigenvalue weighted by molar-refractivity contribution is -0.0328. The Morgan fingerprint density at radius 3 is 2.38 bits per heavy atom. The number of halogens is 3. The first-order chi connectivity index (χ1) is 9.99. The van der Waals surface area contributed by atoms with Gasteiger partial charge in [-0.3, -0.25) is 4.90 Å². The number of nitrogens with one attached hydrogen (secondary N) is 1. The first-order valence-electron chi connectivity index (χ1n) is 6.67. The molecule has 0 aliphatic carbocycles. The molecule has 0 saturated carbocycles. The number of benzene rings is 1. The molecule has 0 amide bonds. The minimum absolute atomic E-state index is 0.0537. The lowest BCUT2D eigenvalue weighted by Crippen LogP contribution is -2.45. The van der Waals surface area contributed by atoms with E-state index >= 15 is 0 Å². The minimum atomic E-state index is -4.27. The second-order valence-corrected chi connectivity index (χ2v) is 5.92. The summed E-state index contributed by atoms with van der Waals surface area (Å²) in [6.07, 6.45) is 0.339. The molecule has 1 aliphatic heterocycles. The smallest absolute Gasteiger partial charge is 0.314 e. The molecular weight excluding hydrogens is 299 g/mol. The molecule has 7 heteroatoms. The van der Waals surface area contributed by atoms with E-state index < -0.39 is 5.51 Å². The van der Waals surface area contributed by atoms with E-state index in [9.17, 15) is 13.2 Å². The fourth-order valence-electron chi connectivity index (χ4n) is 2.43. The van der Waals surface area contributed by atoms with Crippen molar-refractivity contribution in [3.8, 4) is 6.07 Å². The number of rotatable bonds is 4. The Morgan fingerprint density at radius 1 is 1.24 bits per heavy atom. The highest BCUT2D eigenvalue weighted by Gasteiger charge is 2.29. The maximum absolute atomic E-state index is 12.3. The van der Waals surface area contributed by atoms with Gasteiger partial charge >= 0.3 is 5.51 Å². The van der Waals surface area contributed by atoms with Gasteiger partial charge in [-0.1, -0.05) is 12.1 Å². The van der Waals surface area contributed by atoms with E-state index in [4.69, 9.17) is 5.26 Å². The fourth-order valence-corrected chi connectivity index (χ4v) is 2.97. The van der Waals surface area contributed by atoms with Gasteiger partial charge in [0.25, 0.3) is 0 Å². The van der Waals surface area contributed by atoms with Crippen LogP contribution in [0.15, 0.2) is 29.2 Å². The molecule has 1 atom stereocenters. The summed E-state index contributed by atoms with van der Waals surface area (Å²) in [4.78, 5) is 2.37. The van der Waals surface area contributed by atoms with Crippen molar-refractivity contribution in [2.75, 3.05) is 26.2 Å². The minimum Gasteiger partial charge on any atom is -0.314 e. The number of nitrogens with zero attached hydrogens (tertiary/aromatic N) is 2. The van der Waals surface area contributed by atoms with Gasteiger partial charge in [0.2, 0.25) is 0 Å². The summed E-state index contributed by atoms with van der Waals surface area (Å²) >= 11 is -0.119. The predicted octanol–water partition coefficient (Wildman–Crippen LogP) is 3.16. The van der Waals surface area contributed by atoms with E-state index in [1.54, 1.807) is 12.1 Å². The molecule has 0 spiro atoms. The molecular formula is C14H16F3N3S. The van der Waals surface area contributed by atoms with E-state index in [1.165, 1.54) is 12.1 Å². The average molecular weight is 315 g/mol. The van der Waals surface area contributed by atoms with Gasteiger partial charge in [0.1, 0.15) is 0 Å². The summed E-state index contributed by atoms with van der Waals surface area (Å²) in [6.45, 7) is 3.41. The average Bonchev–Trinajstić information content (AvgIpc) is 2.45. The zero-order valence-corrected chi connectivity index (χ0v) is 12.2. The number of piperazine rings is 1. The SMILES string of the molecule is N#CC[C@@H](c1ccc(SC(F)(F)F)cc1)N1CCNCC1. The molecule has 114 valence electrons. The van der Waals surface area contributed by atoms with Crippen LogP contribution in [0.3, 0.4) is 0 Å². The van der Waals surface area contributed by atoms with Gasteiger partial charge in [-0.05, 0) is 29.5 Å². The third-order valence-electron chi connectivity index (χ3n) is 3.38. The van der Waals surface area contributed by atoms with E-state index in [1.807, 2.05) is 0 Å². The van der Waals surface area contributed by atoms with Gasteiger partial charge in [0.15, 0.2) is 0 Å². The van der Waals surface area contributed by atoms with Crippen LogP contribution >= 0.6 is 11.8 Å². The second kappa shape index (κ2) is 7.16. The zero-order valence-electron chi connectivity index (χ0n) is 11.4. The van der Waals surface area contributed by atoms with E-state index in [0.29, 0.717) is 6.42 Å². The highest BCUT2D eigenvalue weighted by molar-refractivity contribution is 8.00. The zero-order chi connectivity index (χ0) is 15.3. The molecule has 0 radical (unpaired) electrons.